The fourth-order valence-electron chi connectivity index (χ4n) is 2.47. The molecule has 0 heterocycles. The maximum absolute atomic E-state index is 13.6. The minimum Gasteiger partial charge on any atom is -0.489 e. The standard InChI is InChI=1S/C18H21FO3/c19-16-6-7-18(22-13-14-4-2-1-3-5-14)17(12-16)15(8-10-20)9-11-21/h1-7,12,15,20-21H,8-11,13H2. The summed E-state index contributed by atoms with van der Waals surface area (Å²) in [4.78, 5) is 0. The number of rotatable bonds is 8. The molecule has 0 atom stereocenters. The third-order valence-electron chi connectivity index (χ3n) is 3.60. The first-order chi connectivity index (χ1) is 10.7. The predicted octanol–water partition coefficient (Wildman–Crippen LogP) is 3.25. The van der Waals surface area contributed by atoms with Gasteiger partial charge in [-0.2, -0.15) is 0 Å². The Kier molecular flexibility index (Phi) is 6.37. The summed E-state index contributed by atoms with van der Waals surface area (Å²) in [5.74, 6) is 0.122. The SMILES string of the molecule is OCCC(CCO)c1cc(F)ccc1OCc1ccccc1. The number of benzene rings is 2. The molecule has 2 aromatic carbocycles. The fraction of sp³-hybridized carbons (Fsp3) is 0.333. The van der Waals surface area contributed by atoms with Gasteiger partial charge in [-0.25, -0.2) is 4.39 Å². The summed E-state index contributed by atoms with van der Waals surface area (Å²) in [6.45, 7) is 0.364. The summed E-state index contributed by atoms with van der Waals surface area (Å²) >= 11 is 0. The van der Waals surface area contributed by atoms with E-state index >= 15 is 0 Å². The van der Waals surface area contributed by atoms with Gasteiger partial charge in [-0.3, -0.25) is 0 Å². The van der Waals surface area contributed by atoms with E-state index in [0.717, 1.165) is 5.56 Å². The van der Waals surface area contributed by atoms with Crippen molar-refractivity contribution in [3.8, 4) is 5.75 Å². The zero-order valence-electron chi connectivity index (χ0n) is 12.4. The summed E-state index contributed by atoms with van der Waals surface area (Å²) in [6, 6.07) is 14.1. The van der Waals surface area contributed by atoms with Crippen molar-refractivity contribution in [2.24, 2.45) is 0 Å². The van der Waals surface area contributed by atoms with E-state index in [2.05, 4.69) is 0 Å². The van der Waals surface area contributed by atoms with Gasteiger partial charge in [0.25, 0.3) is 0 Å². The van der Waals surface area contributed by atoms with Crippen LogP contribution in [0.15, 0.2) is 48.5 Å². The molecule has 0 radical (unpaired) electrons. The van der Waals surface area contributed by atoms with Crippen LogP contribution in [-0.4, -0.2) is 23.4 Å². The monoisotopic (exact) mass is 304 g/mol. The second kappa shape index (κ2) is 8.51. The van der Waals surface area contributed by atoms with Crippen molar-refractivity contribution in [3.63, 3.8) is 0 Å². The third kappa shape index (κ3) is 4.55. The molecule has 0 aliphatic rings. The molecule has 0 amide bonds. The van der Waals surface area contributed by atoms with Crippen LogP contribution in [-0.2, 0) is 6.61 Å². The molecule has 0 bridgehead atoms. The average Bonchev–Trinajstić information content (AvgIpc) is 2.54. The van der Waals surface area contributed by atoms with Gasteiger partial charge in [-0.15, -0.1) is 0 Å². The lowest BCUT2D eigenvalue weighted by molar-refractivity contribution is 0.237. The zero-order chi connectivity index (χ0) is 15.8. The van der Waals surface area contributed by atoms with E-state index in [9.17, 15) is 14.6 Å². The van der Waals surface area contributed by atoms with Crippen LogP contribution in [0.1, 0.15) is 29.9 Å². The maximum Gasteiger partial charge on any atom is 0.123 e. The molecule has 2 aromatic rings. The van der Waals surface area contributed by atoms with Crippen LogP contribution >= 0.6 is 0 Å². The highest BCUT2D eigenvalue weighted by Crippen LogP contribution is 2.32. The van der Waals surface area contributed by atoms with Gasteiger partial charge in [0, 0.05) is 18.8 Å². The average molecular weight is 304 g/mol. The molecule has 0 aliphatic heterocycles. The highest BCUT2D eigenvalue weighted by molar-refractivity contribution is 5.37. The minimum absolute atomic E-state index is 0.0146. The van der Waals surface area contributed by atoms with E-state index in [1.54, 1.807) is 6.07 Å². The van der Waals surface area contributed by atoms with E-state index < -0.39 is 0 Å². The second-order valence-corrected chi connectivity index (χ2v) is 5.18. The molecule has 118 valence electrons. The Morgan fingerprint density at radius 3 is 2.27 bits per heavy atom. The molecular formula is C18H21FO3. The van der Waals surface area contributed by atoms with Crippen LogP contribution in [0.5, 0.6) is 5.75 Å². The number of ether oxygens (including phenoxy) is 1. The third-order valence-corrected chi connectivity index (χ3v) is 3.60. The molecule has 0 unspecified atom stereocenters. The number of hydrogen-bond acceptors (Lipinski definition) is 3. The summed E-state index contributed by atoms with van der Waals surface area (Å²) < 4.78 is 19.4. The summed E-state index contributed by atoms with van der Waals surface area (Å²) in [5, 5.41) is 18.4. The van der Waals surface area contributed by atoms with Crippen molar-refractivity contribution in [1.29, 1.82) is 0 Å². The molecular weight excluding hydrogens is 283 g/mol. The van der Waals surface area contributed by atoms with Crippen LogP contribution in [0.25, 0.3) is 0 Å². The largest absolute Gasteiger partial charge is 0.489 e. The Balaban J connectivity index is 2.19. The van der Waals surface area contributed by atoms with Crippen molar-refractivity contribution in [2.45, 2.75) is 25.4 Å². The summed E-state index contributed by atoms with van der Waals surface area (Å²) in [7, 11) is 0. The lowest BCUT2D eigenvalue weighted by Gasteiger charge is -2.19. The Morgan fingerprint density at radius 1 is 0.955 bits per heavy atom. The van der Waals surface area contributed by atoms with Crippen molar-refractivity contribution >= 4 is 0 Å². The first kappa shape index (κ1) is 16.5. The molecule has 0 spiro atoms. The molecule has 2 N–H and O–H groups in total. The highest BCUT2D eigenvalue weighted by atomic mass is 19.1. The van der Waals surface area contributed by atoms with Crippen LogP contribution in [0.2, 0.25) is 0 Å². The number of halogens is 1. The maximum atomic E-state index is 13.6. The Labute approximate surface area is 130 Å². The quantitative estimate of drug-likeness (QED) is 0.787. The van der Waals surface area contributed by atoms with E-state index in [4.69, 9.17) is 4.74 Å². The van der Waals surface area contributed by atoms with Gasteiger partial charge in [-0.1, -0.05) is 30.3 Å². The van der Waals surface area contributed by atoms with E-state index in [0.29, 0.717) is 30.8 Å². The van der Waals surface area contributed by atoms with Gasteiger partial charge in [-0.05, 0) is 42.5 Å². The van der Waals surface area contributed by atoms with E-state index in [-0.39, 0.29) is 24.9 Å². The highest BCUT2D eigenvalue weighted by Gasteiger charge is 2.17. The van der Waals surface area contributed by atoms with Crippen LogP contribution in [0.3, 0.4) is 0 Å². The van der Waals surface area contributed by atoms with Gasteiger partial charge in [0.2, 0.25) is 0 Å². The van der Waals surface area contributed by atoms with Gasteiger partial charge < -0.3 is 14.9 Å². The Morgan fingerprint density at radius 2 is 1.64 bits per heavy atom. The lowest BCUT2D eigenvalue weighted by atomic mass is 9.92. The fourth-order valence-corrected chi connectivity index (χ4v) is 2.47. The Hall–Kier alpha value is -1.91. The lowest BCUT2D eigenvalue weighted by Crippen LogP contribution is -2.08. The van der Waals surface area contributed by atoms with Crippen molar-refractivity contribution in [1.82, 2.24) is 0 Å². The number of aliphatic hydroxyl groups is 2. The summed E-state index contributed by atoms with van der Waals surface area (Å²) in [6.07, 6.45) is 0.928. The van der Waals surface area contributed by atoms with Crippen LogP contribution in [0, 0.1) is 5.82 Å². The minimum atomic E-state index is -0.344. The van der Waals surface area contributed by atoms with Crippen molar-refractivity contribution in [2.75, 3.05) is 13.2 Å². The molecule has 0 saturated heterocycles. The zero-order valence-corrected chi connectivity index (χ0v) is 12.4. The molecule has 0 fully saturated rings. The first-order valence-electron chi connectivity index (χ1n) is 7.42. The van der Waals surface area contributed by atoms with E-state index in [1.165, 1.54) is 12.1 Å². The Bertz CT molecular complexity index is 566. The molecule has 3 nitrogen and oxygen atoms in total. The van der Waals surface area contributed by atoms with Crippen molar-refractivity contribution < 1.29 is 19.3 Å². The van der Waals surface area contributed by atoms with Crippen LogP contribution < -0.4 is 4.74 Å². The van der Waals surface area contributed by atoms with Gasteiger partial charge in [0.1, 0.15) is 18.2 Å². The van der Waals surface area contributed by atoms with E-state index in [1.807, 2.05) is 30.3 Å². The summed E-state index contributed by atoms with van der Waals surface area (Å²) in [5.41, 5.74) is 1.72. The van der Waals surface area contributed by atoms with Crippen LogP contribution in [0.4, 0.5) is 4.39 Å². The first-order valence-corrected chi connectivity index (χ1v) is 7.42. The molecule has 22 heavy (non-hydrogen) atoms. The molecule has 0 aromatic heterocycles. The van der Waals surface area contributed by atoms with Gasteiger partial charge in [0.05, 0.1) is 0 Å². The predicted molar refractivity (Wildman–Crippen MR) is 83.3 cm³/mol. The molecule has 4 heteroatoms. The van der Waals surface area contributed by atoms with Crippen molar-refractivity contribution in [3.05, 3.63) is 65.5 Å². The second-order valence-electron chi connectivity index (χ2n) is 5.18. The molecule has 0 aliphatic carbocycles. The topological polar surface area (TPSA) is 49.7 Å². The normalized spacial score (nSPS) is 10.9. The smallest absolute Gasteiger partial charge is 0.123 e. The van der Waals surface area contributed by atoms with Gasteiger partial charge in [0.15, 0.2) is 0 Å². The molecule has 0 saturated carbocycles. The number of aliphatic hydroxyl groups excluding tert-OH is 2. The number of hydrogen-bond donors (Lipinski definition) is 2. The van der Waals surface area contributed by atoms with Gasteiger partial charge >= 0.3 is 0 Å². The molecule has 2 rings (SSSR count).